The van der Waals surface area contributed by atoms with Gasteiger partial charge in [0.1, 0.15) is 0 Å². The van der Waals surface area contributed by atoms with Gasteiger partial charge in [-0.2, -0.15) is 18.2 Å². The average Bonchev–Trinajstić information content (AvgIpc) is 2.24. The third-order valence-electron chi connectivity index (χ3n) is 1.73. The van der Waals surface area contributed by atoms with Crippen LogP contribution in [0.25, 0.3) is 0 Å². The maximum absolute atomic E-state index is 11.8. The minimum atomic E-state index is -4.46. The van der Waals surface area contributed by atoms with E-state index in [9.17, 15) is 18.0 Å². The molecule has 1 rings (SSSR count). The number of alkyl halides is 3. The van der Waals surface area contributed by atoms with Crippen molar-refractivity contribution in [3.8, 4) is 6.01 Å². The second kappa shape index (κ2) is 4.98. The Kier molecular flexibility index (Phi) is 3.87. The van der Waals surface area contributed by atoms with Gasteiger partial charge in [0.15, 0.2) is 6.61 Å². The molecule has 1 heterocycles. The Morgan fingerprint density at radius 2 is 2.12 bits per heavy atom. The summed E-state index contributed by atoms with van der Waals surface area (Å²) in [6, 6.07) is -0.438. The molecule has 0 N–H and O–H groups in total. The summed E-state index contributed by atoms with van der Waals surface area (Å²) in [7, 11) is 1.18. The van der Waals surface area contributed by atoms with Gasteiger partial charge in [0.05, 0.1) is 18.4 Å². The third kappa shape index (κ3) is 3.89. The highest BCUT2D eigenvalue weighted by Gasteiger charge is 2.29. The molecule has 0 spiro atoms. The molecule has 8 heteroatoms. The maximum atomic E-state index is 11.8. The van der Waals surface area contributed by atoms with Crippen molar-refractivity contribution in [1.82, 2.24) is 9.97 Å². The molecule has 5 nitrogen and oxygen atoms in total. The number of hydrogen-bond acceptors (Lipinski definition) is 5. The van der Waals surface area contributed by atoms with Gasteiger partial charge >= 0.3 is 18.2 Å². The minimum Gasteiger partial charge on any atom is -0.465 e. The zero-order chi connectivity index (χ0) is 13.1. The molecule has 0 bridgehead atoms. The Bertz CT molecular complexity index is 420. The van der Waals surface area contributed by atoms with Crippen LogP contribution < -0.4 is 4.74 Å². The van der Waals surface area contributed by atoms with Crippen molar-refractivity contribution in [2.45, 2.75) is 13.1 Å². The lowest BCUT2D eigenvalue weighted by Crippen LogP contribution is -2.20. The summed E-state index contributed by atoms with van der Waals surface area (Å²) < 4.78 is 44.3. The molecule has 94 valence electrons. The van der Waals surface area contributed by atoms with Crippen LogP contribution in [0.1, 0.15) is 16.1 Å². The number of rotatable bonds is 3. The van der Waals surface area contributed by atoms with E-state index in [1.54, 1.807) is 0 Å². The van der Waals surface area contributed by atoms with Crippen molar-refractivity contribution in [3.05, 3.63) is 17.5 Å². The first-order valence-electron chi connectivity index (χ1n) is 4.45. The molecule has 0 aliphatic heterocycles. The number of hydrogen-bond donors (Lipinski definition) is 0. The van der Waals surface area contributed by atoms with Crippen molar-refractivity contribution in [1.29, 1.82) is 0 Å². The molecule has 0 aliphatic rings. The van der Waals surface area contributed by atoms with E-state index in [-0.39, 0.29) is 11.3 Å². The molecule has 1 aromatic rings. The molecule has 0 fully saturated rings. The van der Waals surface area contributed by atoms with Crippen LogP contribution in [0, 0.1) is 6.92 Å². The van der Waals surface area contributed by atoms with Gasteiger partial charge in [-0.3, -0.25) is 0 Å². The zero-order valence-corrected chi connectivity index (χ0v) is 9.04. The minimum absolute atomic E-state index is 0.0758. The van der Waals surface area contributed by atoms with Gasteiger partial charge in [-0.05, 0) is 6.92 Å². The third-order valence-corrected chi connectivity index (χ3v) is 1.73. The molecule has 0 aliphatic carbocycles. The SMILES string of the molecule is COC(=O)c1cnc(OCC(F)(F)F)nc1C. The fourth-order valence-electron chi connectivity index (χ4n) is 0.972. The summed E-state index contributed by atoms with van der Waals surface area (Å²) in [5.74, 6) is -0.662. The van der Waals surface area contributed by atoms with Crippen LogP contribution in [0.2, 0.25) is 0 Å². The van der Waals surface area contributed by atoms with Crippen LogP contribution in [0.5, 0.6) is 6.01 Å². The highest BCUT2D eigenvalue weighted by atomic mass is 19.4. The number of ether oxygens (including phenoxy) is 2. The fraction of sp³-hybridized carbons (Fsp3) is 0.444. The van der Waals surface area contributed by atoms with Crippen LogP contribution in [0.3, 0.4) is 0 Å². The summed E-state index contributed by atoms with van der Waals surface area (Å²) in [5.41, 5.74) is 0.260. The van der Waals surface area contributed by atoms with Crippen LogP contribution in [0.15, 0.2) is 6.20 Å². The molecule has 0 saturated heterocycles. The zero-order valence-electron chi connectivity index (χ0n) is 9.04. The first-order chi connectivity index (χ1) is 7.83. The number of esters is 1. The lowest BCUT2D eigenvalue weighted by molar-refractivity contribution is -0.154. The van der Waals surface area contributed by atoms with Crippen LogP contribution in [-0.4, -0.2) is 35.8 Å². The predicted molar refractivity (Wildman–Crippen MR) is 49.7 cm³/mol. The highest BCUT2D eigenvalue weighted by Crippen LogP contribution is 2.16. The number of nitrogens with zero attached hydrogens (tertiary/aromatic N) is 2. The van der Waals surface area contributed by atoms with Crippen LogP contribution in [0.4, 0.5) is 13.2 Å². The molecular weight excluding hydrogens is 241 g/mol. The maximum Gasteiger partial charge on any atom is 0.422 e. The lowest BCUT2D eigenvalue weighted by Gasteiger charge is -2.08. The average molecular weight is 250 g/mol. The molecule has 0 radical (unpaired) electrons. The van der Waals surface area contributed by atoms with Crippen molar-refractivity contribution in [3.63, 3.8) is 0 Å². The normalized spacial score (nSPS) is 11.1. The quantitative estimate of drug-likeness (QED) is 0.761. The molecule has 0 unspecified atom stereocenters. The molecule has 1 aromatic heterocycles. The molecule has 0 amide bonds. The highest BCUT2D eigenvalue weighted by molar-refractivity contribution is 5.90. The molecular formula is C9H9F3N2O3. The molecule has 0 saturated carbocycles. The van der Waals surface area contributed by atoms with Crippen molar-refractivity contribution in [2.75, 3.05) is 13.7 Å². The summed E-state index contributed by atoms with van der Waals surface area (Å²) in [4.78, 5) is 18.2. The van der Waals surface area contributed by atoms with E-state index in [1.165, 1.54) is 14.0 Å². The van der Waals surface area contributed by atoms with E-state index < -0.39 is 24.8 Å². The second-order valence-electron chi connectivity index (χ2n) is 3.05. The Labute approximate surface area is 94.6 Å². The predicted octanol–water partition coefficient (Wildman–Crippen LogP) is 1.51. The fourth-order valence-corrected chi connectivity index (χ4v) is 0.972. The van der Waals surface area contributed by atoms with Gasteiger partial charge in [0, 0.05) is 6.20 Å². The number of aryl methyl sites for hydroxylation is 1. The van der Waals surface area contributed by atoms with E-state index in [1.807, 2.05) is 0 Å². The van der Waals surface area contributed by atoms with Crippen molar-refractivity contribution in [2.24, 2.45) is 0 Å². The van der Waals surface area contributed by atoms with Gasteiger partial charge in [-0.15, -0.1) is 0 Å². The number of carbonyl (C=O) groups is 1. The molecule has 0 aromatic carbocycles. The molecule has 0 atom stereocenters. The topological polar surface area (TPSA) is 61.3 Å². The van der Waals surface area contributed by atoms with Crippen molar-refractivity contribution < 1.29 is 27.4 Å². The van der Waals surface area contributed by atoms with Crippen LogP contribution >= 0.6 is 0 Å². The van der Waals surface area contributed by atoms with Crippen LogP contribution in [-0.2, 0) is 4.74 Å². The second-order valence-corrected chi connectivity index (χ2v) is 3.05. The van der Waals surface area contributed by atoms with E-state index in [2.05, 4.69) is 19.4 Å². The summed E-state index contributed by atoms with van der Waals surface area (Å²) >= 11 is 0. The first-order valence-corrected chi connectivity index (χ1v) is 4.45. The Balaban J connectivity index is 2.79. The largest absolute Gasteiger partial charge is 0.465 e. The van der Waals surface area contributed by atoms with E-state index >= 15 is 0 Å². The standard InChI is InChI=1S/C9H9F3N2O3/c1-5-6(7(15)16-2)3-13-8(14-5)17-4-9(10,11)12/h3H,4H2,1-2H3. The first kappa shape index (κ1) is 13.2. The number of halogens is 3. The molecule has 17 heavy (non-hydrogen) atoms. The monoisotopic (exact) mass is 250 g/mol. The van der Waals surface area contributed by atoms with Gasteiger partial charge < -0.3 is 9.47 Å². The summed E-state index contributed by atoms with van der Waals surface area (Å²) in [6.45, 7) is -0.0433. The van der Waals surface area contributed by atoms with Gasteiger partial charge in [-0.1, -0.05) is 0 Å². The van der Waals surface area contributed by atoms with Gasteiger partial charge in [-0.25, -0.2) is 9.78 Å². The van der Waals surface area contributed by atoms with Gasteiger partial charge in [0.25, 0.3) is 0 Å². The van der Waals surface area contributed by atoms with E-state index in [0.29, 0.717) is 0 Å². The van der Waals surface area contributed by atoms with E-state index in [0.717, 1.165) is 6.20 Å². The summed E-state index contributed by atoms with van der Waals surface area (Å²) in [6.07, 6.45) is -3.40. The lowest BCUT2D eigenvalue weighted by atomic mass is 10.2. The van der Waals surface area contributed by atoms with E-state index in [4.69, 9.17) is 0 Å². The van der Waals surface area contributed by atoms with Gasteiger partial charge in [0.2, 0.25) is 0 Å². The summed E-state index contributed by atoms with van der Waals surface area (Å²) in [5, 5.41) is 0. The van der Waals surface area contributed by atoms with Crippen molar-refractivity contribution >= 4 is 5.97 Å². The Morgan fingerprint density at radius 1 is 1.47 bits per heavy atom. The number of methoxy groups -OCH3 is 1. The smallest absolute Gasteiger partial charge is 0.422 e. The number of aromatic nitrogens is 2. The Morgan fingerprint density at radius 3 is 2.59 bits per heavy atom. The number of carbonyl (C=O) groups excluding carboxylic acids is 1. The Hall–Kier alpha value is -1.86.